The molecule has 0 atom stereocenters. The molecule has 0 amide bonds. The molecule has 3 heteroatoms. The minimum Gasteiger partial charge on any atom is -0.507 e. The Bertz CT molecular complexity index is 367. The molecule has 74 valence electrons. The minimum absolute atomic E-state index is 0.0681. The highest BCUT2D eigenvalue weighted by molar-refractivity contribution is 5.92. The molecule has 1 aromatic carbocycles. The van der Waals surface area contributed by atoms with Gasteiger partial charge in [-0.2, -0.15) is 0 Å². The highest BCUT2D eigenvalue weighted by Crippen LogP contribution is 2.17. The second-order valence-corrected chi connectivity index (χ2v) is 2.81. The van der Waals surface area contributed by atoms with E-state index in [0.717, 1.165) is 0 Å². The van der Waals surface area contributed by atoms with E-state index in [0.29, 0.717) is 5.76 Å². The van der Waals surface area contributed by atoms with Gasteiger partial charge in [-0.15, -0.1) is 0 Å². The molecule has 0 radical (unpaired) electrons. The summed E-state index contributed by atoms with van der Waals surface area (Å²) in [6.45, 7) is 3.45. The quantitative estimate of drug-likeness (QED) is 0.578. The maximum Gasteiger partial charge on any atom is 0.346 e. The zero-order valence-corrected chi connectivity index (χ0v) is 8.15. The zero-order valence-electron chi connectivity index (χ0n) is 8.15. The Morgan fingerprint density at radius 1 is 1.43 bits per heavy atom. The number of phenols is 1. The van der Waals surface area contributed by atoms with E-state index in [1.54, 1.807) is 32.1 Å². The van der Waals surface area contributed by atoms with Gasteiger partial charge in [0.15, 0.2) is 0 Å². The van der Waals surface area contributed by atoms with E-state index in [1.807, 2.05) is 0 Å². The van der Waals surface area contributed by atoms with Crippen molar-refractivity contribution in [2.24, 2.45) is 0 Å². The molecular weight excluding hydrogens is 180 g/mol. The minimum atomic E-state index is -0.543. The molecule has 0 saturated carbocycles. The number of hydrogen-bond acceptors (Lipinski definition) is 3. The van der Waals surface area contributed by atoms with E-state index in [1.165, 1.54) is 12.1 Å². The van der Waals surface area contributed by atoms with Gasteiger partial charge in [0.2, 0.25) is 0 Å². The molecule has 0 unspecified atom stereocenters. The molecule has 0 aliphatic heterocycles. The van der Waals surface area contributed by atoms with Gasteiger partial charge in [0.1, 0.15) is 17.1 Å². The van der Waals surface area contributed by atoms with Crippen LogP contribution in [0, 0.1) is 0 Å². The molecule has 0 aliphatic carbocycles. The lowest BCUT2D eigenvalue weighted by atomic mass is 10.2. The smallest absolute Gasteiger partial charge is 0.346 e. The van der Waals surface area contributed by atoms with Gasteiger partial charge in [-0.1, -0.05) is 12.1 Å². The maximum absolute atomic E-state index is 11.4. The van der Waals surface area contributed by atoms with Crippen LogP contribution in [0.25, 0.3) is 0 Å². The number of hydrogen-bond donors (Lipinski definition) is 1. The lowest BCUT2D eigenvalue weighted by Gasteiger charge is -2.04. The number of para-hydroxylation sites is 1. The second-order valence-electron chi connectivity index (χ2n) is 2.81. The third kappa shape index (κ3) is 2.36. The number of carbonyl (C=O) groups excluding carboxylic acids is 1. The van der Waals surface area contributed by atoms with Gasteiger partial charge in [-0.3, -0.25) is 0 Å². The van der Waals surface area contributed by atoms with Gasteiger partial charge >= 0.3 is 5.97 Å². The summed E-state index contributed by atoms with van der Waals surface area (Å²) in [6, 6.07) is 6.28. The average molecular weight is 192 g/mol. The van der Waals surface area contributed by atoms with Crippen LogP contribution in [0.4, 0.5) is 0 Å². The molecule has 14 heavy (non-hydrogen) atoms. The first-order valence-corrected chi connectivity index (χ1v) is 4.28. The number of ether oxygens (including phenoxy) is 1. The number of phenolic OH excluding ortho intramolecular Hbond substituents is 1. The predicted octanol–water partition coefficient (Wildman–Crippen LogP) is 2.47. The number of allylic oxidation sites excluding steroid dienone is 2. The van der Waals surface area contributed by atoms with Crippen LogP contribution >= 0.6 is 0 Å². The number of benzene rings is 1. The van der Waals surface area contributed by atoms with Crippen LogP contribution in [0.3, 0.4) is 0 Å². The summed E-state index contributed by atoms with van der Waals surface area (Å²) in [5.41, 5.74) is 0.175. The molecule has 0 aromatic heterocycles. The first-order valence-electron chi connectivity index (χ1n) is 4.28. The number of carbonyl (C=O) groups is 1. The average Bonchev–Trinajstić information content (AvgIpc) is 2.18. The molecule has 1 rings (SSSR count). The molecule has 0 heterocycles. The number of rotatable bonds is 2. The van der Waals surface area contributed by atoms with Crippen molar-refractivity contribution in [2.45, 2.75) is 13.8 Å². The van der Waals surface area contributed by atoms with Crippen molar-refractivity contribution in [2.75, 3.05) is 0 Å². The van der Waals surface area contributed by atoms with Crippen LogP contribution in [-0.4, -0.2) is 11.1 Å². The van der Waals surface area contributed by atoms with Gasteiger partial charge in [0.25, 0.3) is 0 Å². The van der Waals surface area contributed by atoms with E-state index in [2.05, 4.69) is 0 Å². The number of esters is 1. The Labute approximate surface area is 82.6 Å². The summed E-state index contributed by atoms with van der Waals surface area (Å²) in [4.78, 5) is 11.4. The molecule has 1 N–H and O–H groups in total. The van der Waals surface area contributed by atoms with Gasteiger partial charge in [-0.05, 0) is 32.1 Å². The third-order valence-corrected chi connectivity index (χ3v) is 1.78. The van der Waals surface area contributed by atoms with E-state index in [-0.39, 0.29) is 11.3 Å². The largest absolute Gasteiger partial charge is 0.507 e. The summed E-state index contributed by atoms with van der Waals surface area (Å²) < 4.78 is 4.93. The first kappa shape index (κ1) is 10.3. The van der Waals surface area contributed by atoms with Crippen molar-refractivity contribution in [1.29, 1.82) is 0 Å². The topological polar surface area (TPSA) is 46.5 Å². The van der Waals surface area contributed by atoms with Crippen molar-refractivity contribution < 1.29 is 14.6 Å². The van der Waals surface area contributed by atoms with Crippen LogP contribution < -0.4 is 0 Å². The van der Waals surface area contributed by atoms with E-state index < -0.39 is 5.97 Å². The van der Waals surface area contributed by atoms with Gasteiger partial charge < -0.3 is 9.84 Å². The lowest BCUT2D eigenvalue weighted by molar-refractivity contribution is 0.0622. The monoisotopic (exact) mass is 192 g/mol. The van der Waals surface area contributed by atoms with E-state index >= 15 is 0 Å². The molecule has 0 bridgehead atoms. The fraction of sp³-hybridized carbons (Fsp3) is 0.182. The molecule has 0 fully saturated rings. The summed E-state index contributed by atoms with van der Waals surface area (Å²) in [5.74, 6) is -0.0987. The number of aromatic hydroxyl groups is 1. The van der Waals surface area contributed by atoms with Gasteiger partial charge in [0.05, 0.1) is 0 Å². The Morgan fingerprint density at radius 2 is 2.07 bits per heavy atom. The maximum atomic E-state index is 11.4. The van der Waals surface area contributed by atoms with E-state index in [4.69, 9.17) is 4.74 Å². The molecular formula is C11H12O3. The lowest BCUT2D eigenvalue weighted by Crippen LogP contribution is -2.03. The fourth-order valence-corrected chi connectivity index (χ4v) is 0.906. The third-order valence-electron chi connectivity index (χ3n) is 1.78. The van der Waals surface area contributed by atoms with E-state index in [9.17, 15) is 9.90 Å². The van der Waals surface area contributed by atoms with Crippen LogP contribution in [-0.2, 0) is 4.74 Å². The second kappa shape index (κ2) is 4.46. The molecule has 0 aliphatic rings. The normalized spacial score (nSPS) is 11.1. The first-order chi connectivity index (χ1) is 6.65. The zero-order chi connectivity index (χ0) is 10.6. The summed E-state index contributed by atoms with van der Waals surface area (Å²) >= 11 is 0. The van der Waals surface area contributed by atoms with Crippen molar-refractivity contribution in [1.82, 2.24) is 0 Å². The Balaban J connectivity index is 2.85. The fourth-order valence-electron chi connectivity index (χ4n) is 0.906. The van der Waals surface area contributed by atoms with Crippen LogP contribution in [0.1, 0.15) is 24.2 Å². The SMILES string of the molecule is CC=C(C)OC(=O)c1ccccc1O. The highest BCUT2D eigenvalue weighted by Gasteiger charge is 2.11. The van der Waals surface area contributed by atoms with Gasteiger partial charge in [0, 0.05) is 0 Å². The molecule has 3 nitrogen and oxygen atoms in total. The molecule has 0 saturated heterocycles. The summed E-state index contributed by atoms with van der Waals surface area (Å²) in [7, 11) is 0. The van der Waals surface area contributed by atoms with Crippen LogP contribution in [0.15, 0.2) is 36.1 Å². The van der Waals surface area contributed by atoms with Crippen molar-refractivity contribution in [3.05, 3.63) is 41.7 Å². The molecule has 0 spiro atoms. The van der Waals surface area contributed by atoms with Crippen molar-refractivity contribution >= 4 is 5.97 Å². The van der Waals surface area contributed by atoms with Crippen molar-refractivity contribution in [3.63, 3.8) is 0 Å². The molecule has 1 aromatic rings. The Morgan fingerprint density at radius 3 is 2.64 bits per heavy atom. The standard InChI is InChI=1S/C11H12O3/c1-3-8(2)14-11(13)9-6-4-5-7-10(9)12/h3-7,12H,1-2H3. The summed E-state index contributed by atoms with van der Waals surface area (Å²) in [5, 5.41) is 9.35. The Kier molecular flexibility index (Phi) is 3.29. The van der Waals surface area contributed by atoms with Crippen LogP contribution in [0.2, 0.25) is 0 Å². The Hall–Kier alpha value is -1.77. The van der Waals surface area contributed by atoms with Crippen molar-refractivity contribution in [3.8, 4) is 5.75 Å². The van der Waals surface area contributed by atoms with Gasteiger partial charge in [-0.25, -0.2) is 4.79 Å². The van der Waals surface area contributed by atoms with Crippen LogP contribution in [0.5, 0.6) is 5.75 Å². The predicted molar refractivity (Wildman–Crippen MR) is 53.0 cm³/mol. The highest BCUT2D eigenvalue weighted by atomic mass is 16.5. The summed E-state index contributed by atoms with van der Waals surface area (Å²) in [6.07, 6.45) is 1.68.